The third-order valence-electron chi connectivity index (χ3n) is 5.92. The lowest BCUT2D eigenvalue weighted by Crippen LogP contribution is -1.96. The van der Waals surface area contributed by atoms with Crippen LogP contribution in [-0.2, 0) is 0 Å². The molecule has 0 bridgehead atoms. The first-order valence-electron chi connectivity index (χ1n) is 11.5. The van der Waals surface area contributed by atoms with Crippen LogP contribution in [0.5, 0.6) is 11.5 Å². The largest absolute Gasteiger partial charge is 0.450 e. The number of hydrogen-bond acceptors (Lipinski definition) is 8. The molecule has 0 saturated carbocycles. The van der Waals surface area contributed by atoms with Crippen LogP contribution in [0.1, 0.15) is 16.7 Å². The van der Waals surface area contributed by atoms with E-state index in [1.165, 1.54) is 6.07 Å². The van der Waals surface area contributed by atoms with E-state index < -0.39 is 15.5 Å². The van der Waals surface area contributed by atoms with Crippen LogP contribution >= 0.6 is 0 Å². The maximum atomic E-state index is 11.3. The Morgan fingerprint density at radius 1 is 0.895 bits per heavy atom. The number of non-ortho nitro benzene ring substituents is 1. The smallest absolute Gasteiger partial charge is 0.318 e. The molecule has 0 spiro atoms. The van der Waals surface area contributed by atoms with Crippen molar-refractivity contribution >= 4 is 34.4 Å². The molecule has 1 heterocycles. The molecule has 5 rings (SSSR count). The molecule has 38 heavy (non-hydrogen) atoms. The first-order valence-corrected chi connectivity index (χ1v) is 11.5. The van der Waals surface area contributed by atoms with E-state index >= 15 is 0 Å². The predicted molar refractivity (Wildman–Crippen MR) is 142 cm³/mol. The van der Waals surface area contributed by atoms with Crippen molar-refractivity contribution < 1.29 is 19.0 Å². The van der Waals surface area contributed by atoms with Gasteiger partial charge in [-0.3, -0.25) is 25.2 Å². The number of rotatable bonds is 7. The number of aromatic nitrogens is 1. The van der Waals surface area contributed by atoms with Crippen LogP contribution in [0.3, 0.4) is 0 Å². The van der Waals surface area contributed by atoms with Crippen LogP contribution in [0.4, 0.5) is 17.1 Å². The molecule has 188 valence electrons. The fourth-order valence-corrected chi connectivity index (χ4v) is 3.77. The number of aliphatic imine (C=N–C) groups is 1. The van der Waals surface area contributed by atoms with Crippen LogP contribution in [-0.4, -0.2) is 21.0 Å². The summed E-state index contributed by atoms with van der Waals surface area (Å²) in [5.41, 5.74) is 5.23. The highest BCUT2D eigenvalue weighted by atomic mass is 16.6. The topological polar surface area (TPSA) is 134 Å². The molecule has 10 nitrogen and oxygen atoms in total. The standard InChI is InChI=1S/C28H20N4O6/c1-17-12-24-27(13-18(17)2)38-28(30-24)20-4-3-5-21(14-20)29-16-19-6-9-23(10-7-19)37-26-11-8-22(31(33)34)15-25(26)32(35)36/h3-16H,1-2H3. The molecule has 0 saturated heterocycles. The van der Waals surface area contributed by atoms with Gasteiger partial charge in [0, 0.05) is 17.8 Å². The lowest BCUT2D eigenvalue weighted by atomic mass is 10.1. The normalized spacial score (nSPS) is 11.2. The van der Waals surface area contributed by atoms with Crippen LogP contribution in [0.25, 0.3) is 22.6 Å². The molecule has 0 unspecified atom stereocenters. The number of nitro groups is 2. The van der Waals surface area contributed by atoms with Gasteiger partial charge in [-0.05, 0) is 91.2 Å². The monoisotopic (exact) mass is 508 g/mol. The first kappa shape index (κ1) is 24.3. The summed E-state index contributed by atoms with van der Waals surface area (Å²) in [5.74, 6) is 0.759. The van der Waals surface area contributed by atoms with E-state index in [2.05, 4.69) is 9.98 Å². The van der Waals surface area contributed by atoms with Gasteiger partial charge in [-0.2, -0.15) is 0 Å². The number of aryl methyl sites for hydroxylation is 2. The summed E-state index contributed by atoms with van der Waals surface area (Å²) in [4.78, 5) is 30.0. The molecule has 0 atom stereocenters. The third-order valence-corrected chi connectivity index (χ3v) is 5.92. The number of benzene rings is 4. The minimum absolute atomic E-state index is 0.0941. The molecular formula is C28H20N4O6. The molecule has 0 amide bonds. The highest BCUT2D eigenvalue weighted by molar-refractivity contribution is 5.83. The zero-order valence-electron chi connectivity index (χ0n) is 20.3. The van der Waals surface area contributed by atoms with Gasteiger partial charge < -0.3 is 9.15 Å². The highest BCUT2D eigenvalue weighted by Crippen LogP contribution is 2.34. The van der Waals surface area contributed by atoms with E-state index in [9.17, 15) is 20.2 Å². The van der Waals surface area contributed by atoms with Gasteiger partial charge in [-0.15, -0.1) is 0 Å². The Bertz CT molecular complexity index is 1680. The minimum Gasteiger partial charge on any atom is -0.450 e. The van der Waals surface area contributed by atoms with Crippen LogP contribution in [0, 0.1) is 34.1 Å². The van der Waals surface area contributed by atoms with Crippen molar-refractivity contribution in [1.29, 1.82) is 0 Å². The second-order valence-electron chi connectivity index (χ2n) is 8.57. The van der Waals surface area contributed by atoms with Crippen LogP contribution in [0.2, 0.25) is 0 Å². The van der Waals surface area contributed by atoms with Crippen LogP contribution in [0.15, 0.2) is 88.3 Å². The van der Waals surface area contributed by atoms with E-state index in [1.807, 2.05) is 50.2 Å². The van der Waals surface area contributed by atoms with Gasteiger partial charge in [0.05, 0.1) is 21.6 Å². The van der Waals surface area contributed by atoms with Crippen molar-refractivity contribution in [2.45, 2.75) is 13.8 Å². The zero-order chi connectivity index (χ0) is 26.8. The fraction of sp³-hybridized carbons (Fsp3) is 0.0714. The molecule has 0 aliphatic heterocycles. The summed E-state index contributed by atoms with van der Waals surface area (Å²) in [7, 11) is 0. The summed E-state index contributed by atoms with van der Waals surface area (Å²) < 4.78 is 11.6. The molecular weight excluding hydrogens is 488 g/mol. The predicted octanol–water partition coefficient (Wildman–Crippen LogP) is 7.47. The van der Waals surface area contributed by atoms with Crippen molar-refractivity contribution in [2.24, 2.45) is 4.99 Å². The van der Waals surface area contributed by atoms with Gasteiger partial charge in [0.2, 0.25) is 11.6 Å². The van der Waals surface area contributed by atoms with Gasteiger partial charge >= 0.3 is 5.69 Å². The summed E-state index contributed by atoms with van der Waals surface area (Å²) >= 11 is 0. The Morgan fingerprint density at radius 3 is 2.39 bits per heavy atom. The number of hydrogen-bond donors (Lipinski definition) is 0. The third kappa shape index (κ3) is 5.09. The van der Waals surface area contributed by atoms with Crippen molar-refractivity contribution in [2.75, 3.05) is 0 Å². The van der Waals surface area contributed by atoms with Crippen molar-refractivity contribution in [3.8, 4) is 23.0 Å². The van der Waals surface area contributed by atoms with E-state index in [1.54, 1.807) is 30.5 Å². The van der Waals surface area contributed by atoms with Gasteiger partial charge in [0.15, 0.2) is 5.58 Å². The summed E-state index contributed by atoms with van der Waals surface area (Å²) in [5, 5.41) is 22.2. The van der Waals surface area contributed by atoms with E-state index in [0.29, 0.717) is 17.3 Å². The molecule has 10 heteroatoms. The maximum Gasteiger partial charge on any atom is 0.318 e. The van der Waals surface area contributed by atoms with E-state index in [4.69, 9.17) is 9.15 Å². The zero-order valence-corrected chi connectivity index (χ0v) is 20.3. The number of nitrogens with zero attached hydrogens (tertiary/aromatic N) is 4. The number of ether oxygens (including phenoxy) is 1. The average molecular weight is 508 g/mol. The molecule has 4 aromatic carbocycles. The fourth-order valence-electron chi connectivity index (χ4n) is 3.77. The molecule has 1 aromatic heterocycles. The molecule has 0 radical (unpaired) electrons. The molecule has 5 aromatic rings. The summed E-state index contributed by atoms with van der Waals surface area (Å²) in [6.07, 6.45) is 1.68. The van der Waals surface area contributed by atoms with Gasteiger partial charge in [0.1, 0.15) is 11.3 Å². The van der Waals surface area contributed by atoms with Crippen LogP contribution < -0.4 is 4.74 Å². The van der Waals surface area contributed by atoms with Crippen molar-refractivity contribution in [3.05, 3.63) is 116 Å². The quantitative estimate of drug-likeness (QED) is 0.126. The van der Waals surface area contributed by atoms with E-state index in [0.717, 1.165) is 45.5 Å². The Kier molecular flexibility index (Phi) is 6.36. The van der Waals surface area contributed by atoms with E-state index in [-0.39, 0.29) is 11.4 Å². The molecule has 0 aliphatic rings. The van der Waals surface area contributed by atoms with Crippen molar-refractivity contribution in [3.63, 3.8) is 0 Å². The number of oxazole rings is 1. The summed E-state index contributed by atoms with van der Waals surface area (Å²) in [6.45, 7) is 4.07. The lowest BCUT2D eigenvalue weighted by molar-refractivity contribution is -0.394. The molecule has 0 N–H and O–H groups in total. The lowest BCUT2D eigenvalue weighted by Gasteiger charge is -2.06. The number of fused-ring (bicyclic) bond motifs is 1. The Balaban J connectivity index is 1.32. The second kappa shape index (κ2) is 9.94. The van der Waals surface area contributed by atoms with Crippen molar-refractivity contribution in [1.82, 2.24) is 4.98 Å². The number of nitro benzene ring substituents is 2. The molecule has 0 aliphatic carbocycles. The maximum absolute atomic E-state index is 11.3. The second-order valence-corrected chi connectivity index (χ2v) is 8.57. The van der Waals surface area contributed by atoms with Gasteiger partial charge in [-0.25, -0.2) is 4.98 Å². The highest BCUT2D eigenvalue weighted by Gasteiger charge is 2.21. The molecule has 0 fully saturated rings. The summed E-state index contributed by atoms with van der Waals surface area (Å²) in [6, 6.07) is 21.5. The SMILES string of the molecule is Cc1cc2nc(-c3cccc(N=Cc4ccc(Oc5ccc([N+](=O)[O-])cc5[N+](=O)[O-])cc4)c3)oc2cc1C. The Morgan fingerprint density at radius 2 is 1.66 bits per heavy atom. The first-order chi connectivity index (χ1) is 18.3. The minimum atomic E-state index is -0.722. The van der Waals surface area contributed by atoms with Gasteiger partial charge in [-0.1, -0.05) is 6.07 Å². The Labute approximate surface area is 216 Å². The van der Waals surface area contributed by atoms with Gasteiger partial charge in [0.25, 0.3) is 5.69 Å². The average Bonchev–Trinajstić information content (AvgIpc) is 3.31. The Hall–Kier alpha value is -5.38.